The zero-order valence-corrected chi connectivity index (χ0v) is 16.6. The van der Waals surface area contributed by atoms with Crippen LogP contribution in [0.25, 0.3) is 0 Å². The van der Waals surface area contributed by atoms with Crippen LogP contribution in [0.3, 0.4) is 0 Å². The van der Waals surface area contributed by atoms with E-state index in [0.29, 0.717) is 24.7 Å². The molecule has 1 N–H and O–H groups in total. The number of carbonyl (C=O) groups excluding carboxylic acids is 1. The Hall–Kier alpha value is -1.24. The second-order valence-electron chi connectivity index (χ2n) is 9.26. The van der Waals surface area contributed by atoms with Crippen LogP contribution in [0.2, 0.25) is 0 Å². The second-order valence-corrected chi connectivity index (χ2v) is 9.26. The molecule has 0 aromatic carbocycles. The van der Waals surface area contributed by atoms with Gasteiger partial charge in [-0.1, -0.05) is 0 Å². The number of alkyl halides is 3. The van der Waals surface area contributed by atoms with Crippen molar-refractivity contribution < 1.29 is 27.4 Å². The maximum Gasteiger partial charge on any atom is 0.471 e. The zero-order chi connectivity index (χ0) is 20.1. The largest absolute Gasteiger partial charge is 0.501 e. The van der Waals surface area contributed by atoms with Crippen molar-refractivity contribution in [3.8, 4) is 0 Å². The molecule has 5 fully saturated rings. The highest BCUT2D eigenvalue weighted by atomic mass is 19.4. The molecule has 0 spiro atoms. The molecule has 3 atom stereocenters. The lowest BCUT2D eigenvalue weighted by molar-refractivity contribution is -0.175. The van der Waals surface area contributed by atoms with Crippen LogP contribution in [0.15, 0.2) is 11.3 Å². The average Bonchev–Trinajstić information content (AvgIpc) is 2.63. The summed E-state index contributed by atoms with van der Waals surface area (Å²) in [6, 6.07) is -0.555. The van der Waals surface area contributed by atoms with Crippen molar-refractivity contribution >= 4 is 5.91 Å². The van der Waals surface area contributed by atoms with Crippen molar-refractivity contribution in [2.75, 3.05) is 14.2 Å². The van der Waals surface area contributed by atoms with Gasteiger partial charge in [-0.15, -0.1) is 0 Å². The van der Waals surface area contributed by atoms with Gasteiger partial charge in [0.25, 0.3) is 0 Å². The highest BCUT2D eigenvalue weighted by Gasteiger charge is 2.48. The monoisotopic (exact) mass is 401 g/mol. The molecule has 5 aliphatic carbocycles. The first-order valence-electron chi connectivity index (χ1n) is 10.5. The molecule has 0 aromatic heterocycles. The minimum atomic E-state index is -4.86. The Morgan fingerprint density at radius 3 is 2.04 bits per heavy atom. The van der Waals surface area contributed by atoms with Crippen molar-refractivity contribution in [1.82, 2.24) is 5.32 Å². The number of nitrogens with one attached hydrogen (secondary N) is 1. The summed E-state index contributed by atoms with van der Waals surface area (Å²) in [7, 11) is 3.27. The van der Waals surface area contributed by atoms with Gasteiger partial charge < -0.3 is 14.8 Å². The lowest BCUT2D eigenvalue weighted by atomic mass is 9.53. The number of amides is 1. The maximum atomic E-state index is 12.7. The number of ether oxygens (including phenoxy) is 2. The van der Waals surface area contributed by atoms with Crippen LogP contribution in [-0.4, -0.2) is 38.4 Å². The van der Waals surface area contributed by atoms with Gasteiger partial charge in [-0.2, -0.15) is 13.2 Å². The van der Waals surface area contributed by atoms with Crippen LogP contribution in [0.1, 0.15) is 51.4 Å². The Morgan fingerprint density at radius 2 is 1.54 bits per heavy atom. The Labute approximate surface area is 164 Å². The molecule has 4 nitrogen and oxygen atoms in total. The van der Waals surface area contributed by atoms with Gasteiger partial charge in [-0.05, 0) is 80.6 Å². The highest BCUT2D eigenvalue weighted by molar-refractivity contribution is 5.81. The number of halogens is 3. The van der Waals surface area contributed by atoms with Gasteiger partial charge in [0.15, 0.2) is 0 Å². The molecule has 4 bridgehead atoms. The van der Waals surface area contributed by atoms with Gasteiger partial charge in [0.05, 0.1) is 19.0 Å². The Bertz CT molecular complexity index is 615. The van der Waals surface area contributed by atoms with Crippen molar-refractivity contribution in [2.24, 2.45) is 29.6 Å². The number of hydrogen-bond acceptors (Lipinski definition) is 3. The summed E-state index contributed by atoms with van der Waals surface area (Å²) in [4.78, 5) is 11.5. The van der Waals surface area contributed by atoms with E-state index in [0.717, 1.165) is 24.0 Å². The number of carbonyl (C=O) groups is 1. The first-order chi connectivity index (χ1) is 13.3. The molecule has 0 saturated heterocycles. The number of allylic oxidation sites excluding steroid dienone is 2. The Morgan fingerprint density at radius 1 is 0.929 bits per heavy atom. The number of hydrogen-bond donors (Lipinski definition) is 1. The second kappa shape index (κ2) is 7.54. The fourth-order valence-corrected chi connectivity index (χ4v) is 6.67. The first kappa shape index (κ1) is 20.0. The van der Waals surface area contributed by atoms with Crippen molar-refractivity contribution in [3.63, 3.8) is 0 Å². The summed E-state index contributed by atoms with van der Waals surface area (Å²) in [6.45, 7) is 0. The molecule has 0 aliphatic heterocycles. The molecule has 0 aromatic rings. The summed E-state index contributed by atoms with van der Waals surface area (Å²) in [5.41, 5.74) is 1.43. The summed E-state index contributed by atoms with van der Waals surface area (Å²) < 4.78 is 49.6. The van der Waals surface area contributed by atoms with Crippen LogP contribution in [0, 0.1) is 29.6 Å². The number of methoxy groups -OCH3 is 2. The molecule has 158 valence electrons. The van der Waals surface area contributed by atoms with Crippen LogP contribution in [-0.2, 0) is 14.3 Å². The third kappa shape index (κ3) is 3.79. The van der Waals surface area contributed by atoms with E-state index < -0.39 is 18.1 Å². The van der Waals surface area contributed by atoms with Gasteiger partial charge in [0, 0.05) is 19.1 Å². The summed E-state index contributed by atoms with van der Waals surface area (Å²) in [5.74, 6) is 1.91. The smallest absolute Gasteiger partial charge is 0.471 e. The predicted molar refractivity (Wildman–Crippen MR) is 97.2 cm³/mol. The quantitative estimate of drug-likeness (QED) is 0.718. The van der Waals surface area contributed by atoms with Crippen LogP contribution >= 0.6 is 0 Å². The molecule has 1 amide bonds. The van der Waals surface area contributed by atoms with Gasteiger partial charge in [-0.25, -0.2) is 0 Å². The van der Waals surface area contributed by atoms with Crippen molar-refractivity contribution in [3.05, 3.63) is 11.3 Å². The Balaban J connectivity index is 1.56. The lowest BCUT2D eigenvalue weighted by Crippen LogP contribution is -2.48. The molecular formula is C21H30F3NO3. The van der Waals surface area contributed by atoms with E-state index in [1.54, 1.807) is 14.2 Å². The SMILES string of the molecule is COC(=C1C2CC3CC(C2)CC1C3)C1CC(NC(=O)C(F)(F)F)CC(OC)C1. The first-order valence-corrected chi connectivity index (χ1v) is 10.5. The van der Waals surface area contributed by atoms with E-state index in [1.807, 2.05) is 0 Å². The summed E-state index contributed by atoms with van der Waals surface area (Å²) in [6.07, 6.45) is 2.83. The van der Waals surface area contributed by atoms with E-state index in [-0.39, 0.29) is 12.0 Å². The van der Waals surface area contributed by atoms with Crippen LogP contribution < -0.4 is 5.32 Å². The van der Waals surface area contributed by atoms with E-state index in [1.165, 1.54) is 37.7 Å². The van der Waals surface area contributed by atoms with E-state index in [9.17, 15) is 18.0 Å². The molecule has 7 heteroatoms. The molecule has 3 unspecified atom stereocenters. The minimum absolute atomic E-state index is 0.00485. The van der Waals surface area contributed by atoms with E-state index >= 15 is 0 Å². The van der Waals surface area contributed by atoms with Crippen molar-refractivity contribution in [2.45, 2.75) is 69.7 Å². The molecule has 5 rings (SSSR count). The molecule has 28 heavy (non-hydrogen) atoms. The van der Waals surface area contributed by atoms with Gasteiger partial charge in [-0.3, -0.25) is 4.79 Å². The normalized spacial score (nSPS) is 39.8. The topological polar surface area (TPSA) is 47.6 Å². The van der Waals surface area contributed by atoms with E-state index in [2.05, 4.69) is 5.32 Å². The standard InChI is InChI=1S/C21H30F3NO3/c1-27-17-9-15(8-16(10-17)25-20(26)21(22,23)24)19(28-2)18-13-4-11-3-12(6-13)7-14(18)5-11/h11-17H,3-10H2,1-2H3,(H,25,26). The van der Waals surface area contributed by atoms with Crippen LogP contribution in [0.5, 0.6) is 0 Å². The predicted octanol–water partition coefficient (Wildman–Crippen LogP) is 4.21. The molecule has 5 saturated carbocycles. The third-order valence-electron chi connectivity index (χ3n) is 7.48. The van der Waals surface area contributed by atoms with Gasteiger partial charge >= 0.3 is 12.1 Å². The molecule has 5 aliphatic rings. The summed E-state index contributed by atoms with van der Waals surface area (Å²) >= 11 is 0. The van der Waals surface area contributed by atoms with Gasteiger partial charge in [0.2, 0.25) is 0 Å². The minimum Gasteiger partial charge on any atom is -0.501 e. The fourth-order valence-electron chi connectivity index (χ4n) is 6.67. The maximum absolute atomic E-state index is 12.7. The average molecular weight is 401 g/mol. The molecule has 0 radical (unpaired) electrons. The lowest BCUT2D eigenvalue weighted by Gasteiger charge is -2.52. The Kier molecular flexibility index (Phi) is 5.40. The zero-order valence-electron chi connectivity index (χ0n) is 16.6. The van der Waals surface area contributed by atoms with Gasteiger partial charge in [0.1, 0.15) is 0 Å². The molecular weight excluding hydrogens is 371 g/mol. The number of rotatable bonds is 4. The van der Waals surface area contributed by atoms with Crippen molar-refractivity contribution in [1.29, 1.82) is 0 Å². The fraction of sp³-hybridized carbons (Fsp3) is 0.857. The summed E-state index contributed by atoms with van der Waals surface area (Å²) in [5, 5.41) is 2.18. The third-order valence-corrected chi connectivity index (χ3v) is 7.48. The van der Waals surface area contributed by atoms with E-state index in [4.69, 9.17) is 9.47 Å². The van der Waals surface area contributed by atoms with Crippen LogP contribution in [0.4, 0.5) is 13.2 Å². The highest BCUT2D eigenvalue weighted by Crippen LogP contribution is 2.58. The molecule has 0 heterocycles.